The predicted octanol–water partition coefficient (Wildman–Crippen LogP) is 6.30. The molecule has 0 radical (unpaired) electrons. The number of halogens is 7. The van der Waals surface area contributed by atoms with Gasteiger partial charge in [0.05, 0.1) is 16.6 Å². The highest BCUT2D eigenvalue weighted by Crippen LogP contribution is 2.40. The van der Waals surface area contributed by atoms with Gasteiger partial charge >= 0.3 is 12.4 Å². The maximum Gasteiger partial charge on any atom is 0.418 e. The highest BCUT2D eigenvalue weighted by molar-refractivity contribution is 7.77. The van der Waals surface area contributed by atoms with E-state index in [1.165, 1.54) is 24.3 Å². The van der Waals surface area contributed by atoms with E-state index in [9.17, 15) is 34.9 Å². The number of hydrogen-bond donors (Lipinski definition) is 3. The van der Waals surface area contributed by atoms with Gasteiger partial charge < -0.3 is 4.98 Å². The Morgan fingerprint density at radius 1 is 0.886 bits per heavy atom. The molecule has 1 heterocycles. The Morgan fingerprint density at radius 2 is 1.51 bits per heavy atom. The highest BCUT2D eigenvalue weighted by atomic mass is 32.2. The van der Waals surface area contributed by atoms with Gasteiger partial charge in [-0.05, 0) is 29.3 Å². The van der Waals surface area contributed by atoms with Crippen LogP contribution in [0.25, 0.3) is 33.5 Å². The van der Waals surface area contributed by atoms with E-state index < -0.39 is 51.6 Å². The van der Waals surface area contributed by atoms with Gasteiger partial charge in [-0.15, -0.1) is 0 Å². The van der Waals surface area contributed by atoms with Crippen molar-refractivity contribution in [1.29, 1.82) is 0 Å². The van der Waals surface area contributed by atoms with E-state index in [1.54, 1.807) is 18.2 Å². The Kier molecular flexibility index (Phi) is 6.42. The molecule has 5 nitrogen and oxygen atoms in total. The van der Waals surface area contributed by atoms with Crippen LogP contribution < -0.4 is 4.72 Å². The number of benzene rings is 3. The summed E-state index contributed by atoms with van der Waals surface area (Å²) in [5.41, 5.74) is -2.54. The molecule has 0 amide bonds. The molecular weight excluding hydrogens is 503 g/mol. The van der Waals surface area contributed by atoms with Gasteiger partial charge in [0.2, 0.25) is 11.3 Å². The van der Waals surface area contributed by atoms with Gasteiger partial charge in [0.15, 0.2) is 0 Å². The van der Waals surface area contributed by atoms with Crippen molar-refractivity contribution in [1.82, 2.24) is 14.7 Å². The molecule has 35 heavy (non-hydrogen) atoms. The maximum absolute atomic E-state index is 14.3. The van der Waals surface area contributed by atoms with Crippen LogP contribution in [0.2, 0.25) is 0 Å². The molecule has 4 aromatic rings. The van der Waals surface area contributed by atoms with Crippen LogP contribution in [0.1, 0.15) is 16.7 Å². The lowest BCUT2D eigenvalue weighted by molar-refractivity contribution is -0.142. The number of hydrogen-bond acceptors (Lipinski definition) is 2. The van der Waals surface area contributed by atoms with Crippen molar-refractivity contribution in [2.45, 2.75) is 18.9 Å². The topological polar surface area (TPSA) is 78.0 Å². The zero-order valence-corrected chi connectivity index (χ0v) is 18.1. The molecule has 3 aromatic carbocycles. The number of imidazole rings is 1. The third-order valence-corrected chi connectivity index (χ3v) is 5.54. The quantitative estimate of drug-likeness (QED) is 0.215. The van der Waals surface area contributed by atoms with Crippen molar-refractivity contribution in [2.75, 3.05) is 0 Å². The van der Waals surface area contributed by atoms with Crippen LogP contribution in [-0.2, 0) is 30.2 Å². The second-order valence-electron chi connectivity index (χ2n) is 7.45. The van der Waals surface area contributed by atoms with Crippen molar-refractivity contribution in [3.8, 4) is 22.5 Å². The summed E-state index contributed by atoms with van der Waals surface area (Å²) >= 11 is -2.30. The first-order valence-electron chi connectivity index (χ1n) is 9.74. The van der Waals surface area contributed by atoms with E-state index in [0.717, 1.165) is 0 Å². The van der Waals surface area contributed by atoms with E-state index in [4.69, 9.17) is 4.55 Å². The Balaban J connectivity index is 1.68. The summed E-state index contributed by atoms with van der Waals surface area (Å²) in [6, 6.07) is 10.9. The van der Waals surface area contributed by atoms with Crippen LogP contribution in [0.3, 0.4) is 0 Å². The zero-order valence-electron chi connectivity index (χ0n) is 17.3. The summed E-state index contributed by atoms with van der Waals surface area (Å²) in [6.07, 6.45) is -10.0. The van der Waals surface area contributed by atoms with Gasteiger partial charge in [0, 0.05) is 17.7 Å². The average molecular weight is 517 g/mol. The lowest BCUT2D eigenvalue weighted by Gasteiger charge is -2.11. The summed E-state index contributed by atoms with van der Waals surface area (Å²) in [5, 5.41) is 0. The smallest absolute Gasteiger partial charge is 0.338 e. The molecule has 0 saturated carbocycles. The van der Waals surface area contributed by atoms with Crippen LogP contribution in [0.15, 0.2) is 54.6 Å². The van der Waals surface area contributed by atoms with Crippen molar-refractivity contribution in [3.05, 3.63) is 77.1 Å². The molecule has 0 aliphatic rings. The van der Waals surface area contributed by atoms with E-state index in [-0.39, 0.29) is 24.0 Å². The van der Waals surface area contributed by atoms with Crippen LogP contribution in [0, 0.1) is 5.82 Å². The van der Waals surface area contributed by atoms with E-state index in [0.29, 0.717) is 22.8 Å². The van der Waals surface area contributed by atoms with Crippen LogP contribution in [0.4, 0.5) is 30.7 Å². The molecule has 0 saturated heterocycles. The second-order valence-corrected chi connectivity index (χ2v) is 8.24. The minimum absolute atomic E-state index is 0.0298. The van der Waals surface area contributed by atoms with Crippen LogP contribution in [-0.4, -0.2) is 18.7 Å². The number of nitrogens with one attached hydrogen (secondary N) is 2. The molecule has 184 valence electrons. The third-order valence-electron chi connectivity index (χ3n) is 5.15. The zero-order chi connectivity index (χ0) is 25.5. The van der Waals surface area contributed by atoms with Crippen molar-refractivity contribution in [3.63, 3.8) is 0 Å². The Hall–Kier alpha value is -3.29. The van der Waals surface area contributed by atoms with Gasteiger partial charge in [-0.1, -0.05) is 36.4 Å². The largest absolute Gasteiger partial charge is 0.418 e. The molecule has 0 fully saturated rings. The van der Waals surface area contributed by atoms with Crippen molar-refractivity contribution >= 4 is 22.3 Å². The first-order chi connectivity index (χ1) is 16.3. The minimum atomic E-state index is -5.05. The Morgan fingerprint density at radius 3 is 2.09 bits per heavy atom. The Bertz CT molecular complexity index is 1410. The van der Waals surface area contributed by atoms with Gasteiger partial charge in [-0.2, -0.15) is 26.3 Å². The standard InChI is InChI=1S/C22H14F7N3O2S/c23-17-7-13(5-6-14(17)10-30-35(33)34)11-1-3-12(4-2-11)20-31-18-9-15(21(24,25)26)8-16(19(18)32-20)22(27,28)29/h1-9,30H,10H2,(H,31,32)(H,33,34). The molecule has 0 bridgehead atoms. The number of rotatable bonds is 5. The summed E-state index contributed by atoms with van der Waals surface area (Å²) in [4.78, 5) is 6.39. The average Bonchev–Trinajstić information content (AvgIpc) is 3.20. The molecule has 1 aromatic heterocycles. The lowest BCUT2D eigenvalue weighted by atomic mass is 10.0. The first-order valence-corrected chi connectivity index (χ1v) is 10.9. The first kappa shape index (κ1) is 24.8. The van der Waals surface area contributed by atoms with Crippen LogP contribution in [0.5, 0.6) is 0 Å². The van der Waals surface area contributed by atoms with Gasteiger partial charge in [0.1, 0.15) is 17.2 Å². The SMILES string of the molecule is O=S(O)NCc1ccc(-c2ccc(-c3nc4c(C(F)(F)F)cc(C(F)(F)F)cc4[nH]3)cc2)cc1F. The summed E-state index contributed by atoms with van der Waals surface area (Å²) in [6.45, 7) is -0.170. The van der Waals surface area contributed by atoms with Crippen LogP contribution >= 0.6 is 0 Å². The van der Waals surface area contributed by atoms with Crippen molar-refractivity contribution in [2.24, 2.45) is 0 Å². The fourth-order valence-corrected chi connectivity index (χ4v) is 3.74. The number of nitrogens with zero attached hydrogens (tertiary/aromatic N) is 1. The van der Waals surface area contributed by atoms with E-state index in [2.05, 4.69) is 14.7 Å². The highest BCUT2D eigenvalue weighted by Gasteiger charge is 2.39. The lowest BCUT2D eigenvalue weighted by Crippen LogP contribution is -2.16. The number of aromatic amines is 1. The van der Waals surface area contributed by atoms with E-state index in [1.807, 2.05) is 0 Å². The molecule has 4 rings (SSSR count). The molecular formula is C22H14F7N3O2S. The second kappa shape index (κ2) is 9.06. The monoisotopic (exact) mass is 517 g/mol. The number of aromatic nitrogens is 2. The molecule has 3 N–H and O–H groups in total. The number of alkyl halides is 6. The van der Waals surface area contributed by atoms with Gasteiger partial charge in [0.25, 0.3) is 0 Å². The number of H-pyrrole nitrogens is 1. The predicted molar refractivity (Wildman–Crippen MR) is 115 cm³/mol. The molecule has 1 atom stereocenters. The summed E-state index contributed by atoms with van der Waals surface area (Å²) in [5.74, 6) is -0.692. The summed E-state index contributed by atoms with van der Waals surface area (Å²) < 4.78 is 115. The summed E-state index contributed by atoms with van der Waals surface area (Å²) in [7, 11) is 0. The fraction of sp³-hybridized carbons (Fsp3) is 0.136. The maximum atomic E-state index is 14.3. The molecule has 13 heteroatoms. The third kappa shape index (κ3) is 5.36. The molecule has 0 aliphatic heterocycles. The Labute approximate surface area is 195 Å². The van der Waals surface area contributed by atoms with Crippen molar-refractivity contribution < 1.29 is 39.5 Å². The number of fused-ring (bicyclic) bond motifs is 1. The fourth-order valence-electron chi connectivity index (χ4n) is 3.46. The van der Waals surface area contributed by atoms with Gasteiger partial charge in [-0.25, -0.2) is 18.3 Å². The molecule has 1 unspecified atom stereocenters. The van der Waals surface area contributed by atoms with Gasteiger partial charge in [-0.3, -0.25) is 4.55 Å². The van der Waals surface area contributed by atoms with E-state index >= 15 is 0 Å². The molecule has 0 spiro atoms. The minimum Gasteiger partial charge on any atom is -0.338 e. The normalized spacial score (nSPS) is 13.4. The molecule has 0 aliphatic carbocycles.